The summed E-state index contributed by atoms with van der Waals surface area (Å²) in [6.45, 7) is 0.100. The first-order chi connectivity index (χ1) is 27.6. The molecule has 0 spiro atoms. The maximum atomic E-state index is 15.4. The molecule has 58 heavy (non-hydrogen) atoms. The quantitative estimate of drug-likeness (QED) is 0.109. The van der Waals surface area contributed by atoms with Crippen LogP contribution in [0.4, 0.5) is 19.0 Å². The van der Waals surface area contributed by atoms with Crippen molar-refractivity contribution in [3.05, 3.63) is 105 Å². The Balaban J connectivity index is 1.24. The number of phenols is 1. The van der Waals surface area contributed by atoms with E-state index >= 15 is 4.79 Å². The highest BCUT2D eigenvalue weighted by atomic mass is 35.5. The molecule has 3 N–H and O–H groups in total. The molecule has 3 aromatic rings. The Bertz CT molecular complexity index is 2320. The molecule has 302 valence electrons. The van der Waals surface area contributed by atoms with Crippen molar-refractivity contribution in [3.63, 3.8) is 0 Å². The van der Waals surface area contributed by atoms with Gasteiger partial charge in [0.2, 0.25) is 11.8 Å². The van der Waals surface area contributed by atoms with Crippen molar-refractivity contribution < 1.29 is 52.1 Å². The molecule has 12 nitrogen and oxygen atoms in total. The highest BCUT2D eigenvalue weighted by Crippen LogP contribution is 2.63. The fraction of sp³-hybridized carbons (Fsp3) is 0.366. The smallest absolute Gasteiger partial charge is 0.417 e. The first-order valence-electron chi connectivity index (χ1n) is 18.7. The number of aromatic nitrogens is 1. The zero-order chi connectivity index (χ0) is 41.3. The van der Waals surface area contributed by atoms with Gasteiger partial charge in [-0.1, -0.05) is 53.4 Å². The van der Waals surface area contributed by atoms with Gasteiger partial charge in [0, 0.05) is 42.1 Å². The van der Waals surface area contributed by atoms with Crippen molar-refractivity contribution in [1.29, 1.82) is 0 Å². The molecule has 8 rings (SSSR count). The van der Waals surface area contributed by atoms with Crippen molar-refractivity contribution in [2.75, 3.05) is 12.0 Å². The summed E-state index contributed by atoms with van der Waals surface area (Å²) in [5.74, 6) is -7.70. The minimum absolute atomic E-state index is 0.0309. The van der Waals surface area contributed by atoms with E-state index in [1.807, 2.05) is 6.08 Å². The summed E-state index contributed by atoms with van der Waals surface area (Å²) in [6.07, 6.45) is 0.637. The summed E-state index contributed by atoms with van der Waals surface area (Å²) in [5, 5.41) is 20.0. The van der Waals surface area contributed by atoms with E-state index in [9.17, 15) is 37.5 Å². The number of phenolic OH excluding ortho intramolecular Hbond substituents is 1. The molecule has 4 amide bonds. The van der Waals surface area contributed by atoms with Gasteiger partial charge in [-0.15, -0.1) is 0 Å². The normalized spacial score (nSPS) is 26.3. The fourth-order valence-electron chi connectivity index (χ4n) is 9.61. The fourth-order valence-corrected chi connectivity index (χ4v) is 9.94. The standard InChI is InChI=1S/C41H35Cl2F3N4O8/c42-24-7-5-22(6-8-24)40-29(37(55)50(39(40)57)48-35-30(43)16-23(18-47-35)41(44,45)46)17-28-26(34(40)21-14-20-15-25(51)9-12-31(20)58-19-21)10-11-27-33(28)38(56)49(36(27)54)13-3-1-2-4-32(52)53/h5-10,12,15-16,18-19,27-29,33-34,51H,1-4,11,13-14,17H2,(H,47,48)(H,52,53)/t27-,28+,29-,33-,34-,40+/m0/s1. The lowest BCUT2D eigenvalue weighted by Crippen LogP contribution is -2.55. The monoisotopic (exact) mass is 838 g/mol. The number of amides is 4. The minimum atomic E-state index is -4.77. The van der Waals surface area contributed by atoms with Crippen LogP contribution in [-0.2, 0) is 42.0 Å². The maximum Gasteiger partial charge on any atom is 0.417 e. The van der Waals surface area contributed by atoms with Crippen LogP contribution in [0.1, 0.15) is 55.2 Å². The van der Waals surface area contributed by atoms with Gasteiger partial charge in [-0.2, -0.15) is 18.2 Å². The molecule has 0 bridgehead atoms. The number of carbonyl (C=O) groups is 5. The van der Waals surface area contributed by atoms with E-state index in [2.05, 4.69) is 10.4 Å². The number of ether oxygens (including phenoxy) is 1. The number of carboxylic acid groups (broad SMARTS) is 1. The lowest BCUT2D eigenvalue weighted by Gasteiger charge is -2.51. The second kappa shape index (κ2) is 14.8. The lowest BCUT2D eigenvalue weighted by atomic mass is 9.48. The Morgan fingerprint density at radius 3 is 2.45 bits per heavy atom. The number of fused-ring (bicyclic) bond motifs is 5. The van der Waals surface area contributed by atoms with Crippen molar-refractivity contribution in [3.8, 4) is 11.5 Å². The zero-order valence-electron chi connectivity index (χ0n) is 30.5. The number of nitrogens with zero attached hydrogens (tertiary/aromatic N) is 3. The predicted molar refractivity (Wildman–Crippen MR) is 201 cm³/mol. The molecular weight excluding hydrogens is 804 g/mol. The molecule has 3 aliphatic heterocycles. The van der Waals surface area contributed by atoms with Crippen LogP contribution in [0.2, 0.25) is 10.0 Å². The molecule has 2 aromatic carbocycles. The van der Waals surface area contributed by atoms with Crippen LogP contribution < -0.4 is 10.2 Å². The molecule has 6 atom stereocenters. The number of anilines is 1. The van der Waals surface area contributed by atoms with E-state index in [0.717, 1.165) is 5.01 Å². The van der Waals surface area contributed by atoms with Gasteiger partial charge >= 0.3 is 12.1 Å². The van der Waals surface area contributed by atoms with Crippen LogP contribution in [0.15, 0.2) is 78.2 Å². The number of imide groups is 2. The number of aromatic hydroxyl groups is 1. The summed E-state index contributed by atoms with van der Waals surface area (Å²) in [4.78, 5) is 74.6. The Morgan fingerprint density at radius 2 is 1.74 bits per heavy atom. The van der Waals surface area contributed by atoms with Gasteiger partial charge in [0.05, 0.1) is 40.0 Å². The minimum Gasteiger partial charge on any atom is -0.508 e. The van der Waals surface area contributed by atoms with Gasteiger partial charge in [0.15, 0.2) is 5.82 Å². The highest BCUT2D eigenvalue weighted by molar-refractivity contribution is 6.33. The van der Waals surface area contributed by atoms with E-state index in [4.69, 9.17) is 33.0 Å². The van der Waals surface area contributed by atoms with Gasteiger partial charge in [-0.25, -0.2) is 4.98 Å². The second-order valence-electron chi connectivity index (χ2n) is 15.2. The summed E-state index contributed by atoms with van der Waals surface area (Å²) in [6, 6.07) is 11.6. The third kappa shape index (κ3) is 6.48. The van der Waals surface area contributed by atoms with Crippen LogP contribution in [0.5, 0.6) is 11.5 Å². The van der Waals surface area contributed by atoms with E-state index in [0.29, 0.717) is 64.6 Å². The van der Waals surface area contributed by atoms with E-state index in [1.54, 1.807) is 30.3 Å². The lowest BCUT2D eigenvalue weighted by molar-refractivity contribution is -0.141. The van der Waals surface area contributed by atoms with Crippen LogP contribution in [0.3, 0.4) is 0 Å². The highest BCUT2D eigenvalue weighted by Gasteiger charge is 2.70. The maximum absolute atomic E-state index is 15.4. The first kappa shape index (κ1) is 39.4. The van der Waals surface area contributed by atoms with E-state index in [-0.39, 0.29) is 49.7 Å². The SMILES string of the molecule is O=C(O)CCCCCN1C(=O)[C@H]2[C@H](CC=C3[C@H](C4=COc5ccc(O)cc5C4)[C@]4(c5ccc(Cl)cc5)C(=O)N(Nc5ncc(C(F)(F)F)cc5Cl)C(=O)[C@@H]4C[C@H]32)C1=O. The number of nitrogens with one attached hydrogen (secondary N) is 1. The van der Waals surface area contributed by atoms with Crippen molar-refractivity contribution in [1.82, 2.24) is 14.9 Å². The van der Waals surface area contributed by atoms with Gasteiger partial charge < -0.3 is 14.9 Å². The number of aliphatic carboxylic acids is 1. The summed E-state index contributed by atoms with van der Waals surface area (Å²) in [7, 11) is 0. The number of hydrazine groups is 1. The molecule has 1 saturated carbocycles. The average Bonchev–Trinajstić information content (AvgIpc) is 3.55. The van der Waals surface area contributed by atoms with Gasteiger partial charge in [0.25, 0.3) is 11.8 Å². The van der Waals surface area contributed by atoms with Crippen LogP contribution in [0, 0.1) is 29.6 Å². The Morgan fingerprint density at radius 1 is 0.983 bits per heavy atom. The van der Waals surface area contributed by atoms with Crippen molar-refractivity contribution >= 4 is 58.6 Å². The molecule has 4 heterocycles. The van der Waals surface area contributed by atoms with E-state index < -0.39 is 75.5 Å². The summed E-state index contributed by atoms with van der Waals surface area (Å²) in [5.41, 5.74) is 1.88. The number of hydrogen-bond donors (Lipinski definition) is 3. The number of likely N-dealkylation sites (tertiary alicyclic amines) is 1. The third-order valence-corrected chi connectivity index (χ3v) is 12.6. The number of alkyl halides is 3. The molecule has 5 aliphatic rings. The summed E-state index contributed by atoms with van der Waals surface area (Å²) >= 11 is 12.6. The van der Waals surface area contributed by atoms with Crippen LogP contribution in [-0.4, -0.2) is 61.2 Å². The van der Waals surface area contributed by atoms with Crippen molar-refractivity contribution in [2.45, 2.75) is 56.5 Å². The predicted octanol–water partition coefficient (Wildman–Crippen LogP) is 7.09. The average molecular weight is 840 g/mol. The largest absolute Gasteiger partial charge is 0.508 e. The Hall–Kier alpha value is -5.41. The third-order valence-electron chi connectivity index (χ3n) is 12.1. The Kier molecular flexibility index (Phi) is 10.0. The molecular formula is C41H35Cl2F3N4O8. The Labute approximate surface area is 339 Å². The number of unbranched alkanes of at least 4 members (excludes halogenated alkanes) is 2. The molecule has 0 radical (unpaired) electrons. The van der Waals surface area contributed by atoms with E-state index in [1.165, 1.54) is 23.3 Å². The van der Waals surface area contributed by atoms with Crippen LogP contribution >= 0.6 is 23.2 Å². The number of allylic oxidation sites excluding steroid dienone is 3. The molecule has 0 unspecified atom stereocenters. The molecule has 2 saturated heterocycles. The topological polar surface area (TPSA) is 166 Å². The second-order valence-corrected chi connectivity index (χ2v) is 16.1. The number of carbonyl (C=O) groups excluding carboxylic acids is 4. The van der Waals surface area contributed by atoms with Gasteiger partial charge in [-0.05, 0) is 79.1 Å². The zero-order valence-corrected chi connectivity index (χ0v) is 32.0. The number of rotatable bonds is 10. The first-order valence-corrected chi connectivity index (χ1v) is 19.4. The number of pyridine rings is 1. The number of halogens is 5. The van der Waals surface area contributed by atoms with Crippen molar-refractivity contribution in [2.24, 2.45) is 29.6 Å². The molecule has 2 aliphatic carbocycles. The van der Waals surface area contributed by atoms with Gasteiger partial charge in [0.1, 0.15) is 11.5 Å². The number of hydrogen-bond acceptors (Lipinski definition) is 9. The number of benzene rings is 2. The molecule has 17 heteroatoms. The summed E-state index contributed by atoms with van der Waals surface area (Å²) < 4.78 is 46.6. The van der Waals surface area contributed by atoms with Gasteiger partial charge in [-0.3, -0.25) is 34.3 Å². The number of carboxylic acids is 1. The molecule has 3 fully saturated rings. The molecule has 1 aromatic heterocycles. The van der Waals surface area contributed by atoms with Crippen LogP contribution in [0.25, 0.3) is 0 Å².